The highest BCUT2D eigenvalue weighted by atomic mass is 16.7. The van der Waals surface area contributed by atoms with Crippen LogP contribution >= 0.6 is 0 Å². The van der Waals surface area contributed by atoms with Crippen LogP contribution < -0.4 is 14.8 Å². The summed E-state index contributed by atoms with van der Waals surface area (Å²) in [7, 11) is 0. The summed E-state index contributed by atoms with van der Waals surface area (Å²) in [5.74, 6) is 2.29. The van der Waals surface area contributed by atoms with Gasteiger partial charge in [0.05, 0.1) is 12.6 Å². The number of benzene rings is 1. The molecule has 4 rings (SSSR count). The van der Waals surface area contributed by atoms with Crippen LogP contribution in [0, 0.1) is 5.92 Å². The fourth-order valence-electron chi connectivity index (χ4n) is 3.59. The third-order valence-electron chi connectivity index (χ3n) is 5.50. The molecule has 1 aliphatic carbocycles. The molecule has 2 heterocycles. The van der Waals surface area contributed by atoms with E-state index < -0.39 is 0 Å². The van der Waals surface area contributed by atoms with Crippen LogP contribution in [0.1, 0.15) is 37.7 Å². The zero-order chi connectivity index (χ0) is 17.8. The zero-order valence-electron chi connectivity index (χ0n) is 15.1. The Morgan fingerprint density at radius 3 is 2.92 bits per heavy atom. The molecule has 0 aromatic heterocycles. The molecule has 2 aliphatic heterocycles. The number of rotatable bonds is 7. The van der Waals surface area contributed by atoms with E-state index in [4.69, 9.17) is 18.9 Å². The molecule has 0 spiro atoms. The minimum absolute atomic E-state index is 0.0288. The Hall–Kier alpha value is -1.79. The molecule has 3 aliphatic rings. The summed E-state index contributed by atoms with van der Waals surface area (Å²) in [5.41, 5.74) is 1.08. The van der Waals surface area contributed by atoms with Crippen molar-refractivity contribution in [2.75, 3.05) is 26.6 Å². The second-order valence-corrected chi connectivity index (χ2v) is 7.39. The van der Waals surface area contributed by atoms with Gasteiger partial charge in [-0.05, 0) is 49.3 Å². The van der Waals surface area contributed by atoms with Gasteiger partial charge in [0, 0.05) is 19.6 Å². The summed E-state index contributed by atoms with van der Waals surface area (Å²) in [6.45, 7) is 2.30. The van der Waals surface area contributed by atoms with E-state index in [0.29, 0.717) is 32.0 Å². The normalized spacial score (nSPS) is 24.9. The van der Waals surface area contributed by atoms with E-state index in [1.165, 1.54) is 19.3 Å². The molecule has 1 aromatic carbocycles. The van der Waals surface area contributed by atoms with E-state index in [1.54, 1.807) is 0 Å². The van der Waals surface area contributed by atoms with Crippen LogP contribution in [0.2, 0.25) is 0 Å². The van der Waals surface area contributed by atoms with Crippen molar-refractivity contribution >= 4 is 5.91 Å². The fourth-order valence-corrected chi connectivity index (χ4v) is 3.59. The minimum Gasteiger partial charge on any atom is -0.454 e. The highest BCUT2D eigenvalue weighted by Gasteiger charge is 2.29. The maximum absolute atomic E-state index is 12.4. The number of hydrogen-bond acceptors (Lipinski definition) is 5. The summed E-state index contributed by atoms with van der Waals surface area (Å²) < 4.78 is 22.3. The van der Waals surface area contributed by atoms with Gasteiger partial charge in [-0.1, -0.05) is 12.5 Å². The molecule has 142 valence electrons. The number of ether oxygens (including phenoxy) is 4. The first-order chi connectivity index (χ1) is 12.8. The first-order valence-electron chi connectivity index (χ1n) is 9.65. The minimum atomic E-state index is -0.0288. The second kappa shape index (κ2) is 8.27. The molecule has 2 atom stereocenters. The van der Waals surface area contributed by atoms with Gasteiger partial charge < -0.3 is 24.3 Å². The van der Waals surface area contributed by atoms with Crippen LogP contribution in [0.5, 0.6) is 11.5 Å². The predicted molar refractivity (Wildman–Crippen MR) is 95.3 cm³/mol. The van der Waals surface area contributed by atoms with Crippen molar-refractivity contribution in [3.63, 3.8) is 0 Å². The van der Waals surface area contributed by atoms with Gasteiger partial charge >= 0.3 is 0 Å². The van der Waals surface area contributed by atoms with E-state index >= 15 is 0 Å². The maximum atomic E-state index is 12.4. The van der Waals surface area contributed by atoms with E-state index in [-0.39, 0.29) is 24.8 Å². The van der Waals surface area contributed by atoms with Crippen LogP contribution in [0.15, 0.2) is 18.2 Å². The zero-order valence-corrected chi connectivity index (χ0v) is 15.1. The Morgan fingerprint density at radius 2 is 2.08 bits per heavy atom. The largest absolute Gasteiger partial charge is 0.454 e. The number of amides is 1. The number of hydrogen-bond donors (Lipinski definition) is 1. The molecule has 0 bridgehead atoms. The Kier molecular flexibility index (Phi) is 5.60. The smallest absolute Gasteiger partial charge is 0.231 e. The Morgan fingerprint density at radius 1 is 1.19 bits per heavy atom. The lowest BCUT2D eigenvalue weighted by atomic mass is 9.86. The molecule has 1 N–H and O–H groups in total. The number of carbonyl (C=O) groups excluding carboxylic acids is 1. The van der Waals surface area contributed by atoms with Crippen molar-refractivity contribution in [2.45, 2.75) is 50.7 Å². The topological polar surface area (TPSA) is 66.0 Å². The number of carbonyl (C=O) groups is 1. The summed E-state index contributed by atoms with van der Waals surface area (Å²) >= 11 is 0. The summed E-state index contributed by atoms with van der Waals surface area (Å²) in [4.78, 5) is 12.4. The standard InChI is InChI=1S/C20H27NO5/c22-20(7-5-14-4-6-17-18(10-14)26-13-25-17)21-16-8-9-23-12-19(16)24-11-15-2-1-3-15/h4,6,10,15-16,19H,1-3,5,7-9,11-13H2,(H,21,22)/t16-,19-/m1/s1. The Bertz CT molecular complexity index is 631. The average molecular weight is 361 g/mol. The van der Waals surface area contributed by atoms with Gasteiger partial charge in [-0.25, -0.2) is 0 Å². The van der Waals surface area contributed by atoms with Crippen LogP contribution in [0.3, 0.4) is 0 Å². The van der Waals surface area contributed by atoms with Crippen molar-refractivity contribution in [1.29, 1.82) is 0 Å². The summed E-state index contributed by atoms with van der Waals surface area (Å²) in [6, 6.07) is 5.89. The van der Waals surface area contributed by atoms with E-state index in [9.17, 15) is 4.79 Å². The van der Waals surface area contributed by atoms with Crippen molar-refractivity contribution in [3.8, 4) is 11.5 Å². The fraction of sp³-hybridized carbons (Fsp3) is 0.650. The monoisotopic (exact) mass is 361 g/mol. The molecule has 2 fully saturated rings. The predicted octanol–water partition coefficient (Wildman–Crippen LogP) is 2.44. The van der Waals surface area contributed by atoms with Gasteiger partial charge in [-0.2, -0.15) is 0 Å². The van der Waals surface area contributed by atoms with Crippen LogP contribution in [0.4, 0.5) is 0 Å². The van der Waals surface area contributed by atoms with E-state index in [2.05, 4.69) is 5.32 Å². The molecule has 1 saturated carbocycles. The van der Waals surface area contributed by atoms with Crippen LogP contribution in [-0.4, -0.2) is 44.7 Å². The quantitative estimate of drug-likeness (QED) is 0.808. The van der Waals surface area contributed by atoms with Gasteiger partial charge in [0.1, 0.15) is 6.10 Å². The maximum Gasteiger partial charge on any atom is 0.231 e. The van der Waals surface area contributed by atoms with E-state index in [1.807, 2.05) is 18.2 Å². The van der Waals surface area contributed by atoms with E-state index in [0.717, 1.165) is 30.1 Å². The number of fused-ring (bicyclic) bond motifs is 1. The third kappa shape index (κ3) is 4.30. The lowest BCUT2D eigenvalue weighted by Gasteiger charge is -2.34. The molecule has 0 radical (unpaired) electrons. The lowest BCUT2D eigenvalue weighted by Crippen LogP contribution is -2.50. The van der Waals surface area contributed by atoms with Gasteiger partial charge in [-0.15, -0.1) is 0 Å². The van der Waals surface area contributed by atoms with Gasteiger partial charge in [-0.3, -0.25) is 4.79 Å². The van der Waals surface area contributed by atoms with Crippen molar-refractivity contribution in [1.82, 2.24) is 5.32 Å². The highest BCUT2D eigenvalue weighted by Crippen LogP contribution is 2.32. The molecule has 6 heteroatoms. The molecule has 1 saturated heterocycles. The SMILES string of the molecule is O=C(CCc1ccc2c(c1)OCO2)N[C@@H]1CCOC[C@H]1OCC1CCC1. The molecule has 1 aromatic rings. The van der Waals surface area contributed by atoms with Gasteiger partial charge in [0.25, 0.3) is 0 Å². The van der Waals surface area contributed by atoms with Crippen molar-refractivity contribution in [2.24, 2.45) is 5.92 Å². The summed E-state index contributed by atoms with van der Waals surface area (Å²) in [5, 5.41) is 3.15. The van der Waals surface area contributed by atoms with Crippen LogP contribution in [0.25, 0.3) is 0 Å². The summed E-state index contributed by atoms with van der Waals surface area (Å²) in [6.07, 6.45) is 5.76. The third-order valence-corrected chi connectivity index (χ3v) is 5.50. The molecule has 1 amide bonds. The second-order valence-electron chi connectivity index (χ2n) is 7.39. The molecular formula is C20H27NO5. The first-order valence-corrected chi connectivity index (χ1v) is 9.65. The van der Waals surface area contributed by atoms with Gasteiger partial charge in [0.2, 0.25) is 12.7 Å². The van der Waals surface area contributed by atoms with Crippen LogP contribution in [-0.2, 0) is 20.7 Å². The van der Waals surface area contributed by atoms with Crippen molar-refractivity contribution < 1.29 is 23.7 Å². The molecule has 6 nitrogen and oxygen atoms in total. The number of aryl methyl sites for hydroxylation is 1. The van der Waals surface area contributed by atoms with Gasteiger partial charge in [0.15, 0.2) is 11.5 Å². The lowest BCUT2D eigenvalue weighted by molar-refractivity contribution is -0.127. The van der Waals surface area contributed by atoms with Crippen molar-refractivity contribution in [3.05, 3.63) is 23.8 Å². The first kappa shape index (κ1) is 17.6. The Balaban J connectivity index is 1.24. The number of nitrogens with one attached hydrogen (secondary N) is 1. The molecule has 0 unspecified atom stereocenters. The molecular weight excluding hydrogens is 334 g/mol. The highest BCUT2D eigenvalue weighted by molar-refractivity contribution is 5.76. The average Bonchev–Trinajstić information content (AvgIpc) is 3.08. The molecule has 26 heavy (non-hydrogen) atoms. The Labute approximate surface area is 154 Å².